The van der Waals surface area contributed by atoms with Crippen molar-refractivity contribution in [1.82, 2.24) is 0 Å². The molecule has 2 N–H and O–H groups in total. The predicted octanol–water partition coefficient (Wildman–Crippen LogP) is 3.84. The highest BCUT2D eigenvalue weighted by atomic mass is 16.5. The second-order valence-electron chi connectivity index (χ2n) is 7.84. The average molecular weight is 383 g/mol. The summed E-state index contributed by atoms with van der Waals surface area (Å²) in [6, 6.07) is 7.35. The molecule has 2 aliphatic rings. The number of hydrogen-bond acceptors (Lipinski definition) is 4. The highest BCUT2D eigenvalue weighted by Crippen LogP contribution is 2.28. The van der Waals surface area contributed by atoms with Crippen molar-refractivity contribution >= 4 is 0 Å². The molecule has 1 aromatic carbocycles. The Morgan fingerprint density at radius 3 is 1.57 bits per heavy atom. The van der Waals surface area contributed by atoms with Crippen molar-refractivity contribution in [3.63, 3.8) is 0 Å². The molecule has 3 rings (SSSR count). The van der Waals surface area contributed by atoms with Crippen molar-refractivity contribution in [1.29, 1.82) is 0 Å². The summed E-state index contributed by atoms with van der Waals surface area (Å²) in [6.45, 7) is 0.469. The number of rotatable bonds is 4. The van der Waals surface area contributed by atoms with Gasteiger partial charge in [-0.3, -0.25) is 0 Å². The van der Waals surface area contributed by atoms with Crippen LogP contribution in [0.5, 0.6) is 11.5 Å². The molecule has 0 spiro atoms. The first kappa shape index (κ1) is 20.6. The summed E-state index contributed by atoms with van der Waals surface area (Å²) < 4.78 is 11.3. The molecule has 0 radical (unpaired) electrons. The molecule has 2 fully saturated rings. The lowest BCUT2D eigenvalue weighted by Gasteiger charge is -2.26. The van der Waals surface area contributed by atoms with Crippen LogP contribution >= 0.6 is 0 Å². The van der Waals surface area contributed by atoms with Crippen LogP contribution in [0.4, 0.5) is 0 Å². The molecule has 150 valence electrons. The first-order valence-corrected chi connectivity index (χ1v) is 10.4. The smallest absolute Gasteiger partial charge is 0.149 e. The van der Waals surface area contributed by atoms with E-state index < -0.39 is 11.2 Å². The van der Waals surface area contributed by atoms with Gasteiger partial charge in [-0.05, 0) is 63.5 Å². The van der Waals surface area contributed by atoms with Crippen LogP contribution in [-0.2, 0) is 0 Å². The SMILES string of the molecule is OC1(C#CCOc2cccc(OCC#CC3(O)CCCCC3)c2)CCCCC1. The quantitative estimate of drug-likeness (QED) is 0.777. The van der Waals surface area contributed by atoms with Crippen LogP contribution in [0.25, 0.3) is 0 Å². The minimum atomic E-state index is -0.840. The van der Waals surface area contributed by atoms with Crippen LogP contribution in [0, 0.1) is 23.7 Å². The van der Waals surface area contributed by atoms with Crippen molar-refractivity contribution in [2.24, 2.45) is 0 Å². The maximum atomic E-state index is 10.4. The second kappa shape index (κ2) is 9.87. The Kier molecular flexibility index (Phi) is 7.26. The van der Waals surface area contributed by atoms with Crippen LogP contribution in [0.2, 0.25) is 0 Å². The van der Waals surface area contributed by atoms with Crippen LogP contribution < -0.4 is 9.47 Å². The van der Waals surface area contributed by atoms with Gasteiger partial charge in [0.25, 0.3) is 0 Å². The molecular weight excluding hydrogens is 352 g/mol. The Morgan fingerprint density at radius 1 is 0.714 bits per heavy atom. The molecule has 0 atom stereocenters. The molecule has 28 heavy (non-hydrogen) atoms. The van der Waals surface area contributed by atoms with Crippen molar-refractivity contribution in [2.45, 2.75) is 75.4 Å². The Labute approximate surface area is 168 Å². The van der Waals surface area contributed by atoms with Gasteiger partial charge in [-0.1, -0.05) is 42.6 Å². The van der Waals surface area contributed by atoms with Gasteiger partial charge in [-0.25, -0.2) is 0 Å². The van der Waals surface area contributed by atoms with E-state index in [0.717, 1.165) is 51.4 Å². The first-order chi connectivity index (χ1) is 13.6. The Hall–Kier alpha value is -2.14. The molecule has 2 saturated carbocycles. The summed E-state index contributed by atoms with van der Waals surface area (Å²) in [5, 5.41) is 20.7. The predicted molar refractivity (Wildman–Crippen MR) is 109 cm³/mol. The normalized spacial score (nSPS) is 20.1. The molecule has 0 aromatic heterocycles. The van der Waals surface area contributed by atoms with Crippen molar-refractivity contribution in [3.8, 4) is 35.2 Å². The fourth-order valence-corrected chi connectivity index (χ4v) is 3.82. The highest BCUT2D eigenvalue weighted by molar-refractivity contribution is 5.33. The fraction of sp³-hybridized carbons (Fsp3) is 0.583. The van der Waals surface area contributed by atoms with E-state index in [9.17, 15) is 10.2 Å². The van der Waals surface area contributed by atoms with Crippen LogP contribution in [0.15, 0.2) is 24.3 Å². The molecule has 0 aliphatic heterocycles. The van der Waals surface area contributed by atoms with Gasteiger partial charge in [0.05, 0.1) is 0 Å². The topological polar surface area (TPSA) is 58.9 Å². The molecule has 2 aliphatic carbocycles. The third kappa shape index (κ3) is 6.48. The maximum absolute atomic E-state index is 10.4. The molecule has 1 aromatic rings. The number of benzene rings is 1. The largest absolute Gasteiger partial charge is 0.481 e. The molecule has 4 nitrogen and oxygen atoms in total. The van der Waals surface area contributed by atoms with E-state index in [1.54, 1.807) is 6.07 Å². The van der Waals surface area contributed by atoms with Gasteiger partial charge in [0.1, 0.15) is 35.9 Å². The molecule has 0 amide bonds. The molecule has 4 heteroatoms. The molecule has 0 unspecified atom stereocenters. The minimum Gasteiger partial charge on any atom is -0.481 e. The molecular formula is C24H30O4. The summed E-state index contributed by atoms with van der Waals surface area (Å²) >= 11 is 0. The number of aliphatic hydroxyl groups is 2. The zero-order chi connectivity index (χ0) is 19.7. The Bertz CT molecular complexity index is 689. The van der Waals surface area contributed by atoms with Crippen molar-refractivity contribution in [2.75, 3.05) is 13.2 Å². The Balaban J connectivity index is 1.45. The number of ether oxygens (including phenoxy) is 2. The van der Waals surface area contributed by atoms with E-state index in [2.05, 4.69) is 23.7 Å². The zero-order valence-corrected chi connectivity index (χ0v) is 16.5. The fourth-order valence-electron chi connectivity index (χ4n) is 3.82. The highest BCUT2D eigenvalue weighted by Gasteiger charge is 2.27. The van der Waals surface area contributed by atoms with Crippen LogP contribution in [0.3, 0.4) is 0 Å². The van der Waals surface area contributed by atoms with E-state index in [0.29, 0.717) is 11.5 Å². The minimum absolute atomic E-state index is 0.235. The summed E-state index contributed by atoms with van der Waals surface area (Å²) in [5.74, 6) is 13.2. The van der Waals surface area contributed by atoms with Gasteiger partial charge >= 0.3 is 0 Å². The lowest BCUT2D eigenvalue weighted by Crippen LogP contribution is -2.29. The summed E-state index contributed by atoms with van der Waals surface area (Å²) in [4.78, 5) is 0. The van der Waals surface area contributed by atoms with Gasteiger partial charge < -0.3 is 19.7 Å². The maximum Gasteiger partial charge on any atom is 0.149 e. The van der Waals surface area contributed by atoms with Gasteiger partial charge in [0.2, 0.25) is 0 Å². The number of hydrogen-bond donors (Lipinski definition) is 2. The first-order valence-electron chi connectivity index (χ1n) is 10.4. The lowest BCUT2D eigenvalue weighted by molar-refractivity contribution is 0.0604. The summed E-state index contributed by atoms with van der Waals surface area (Å²) in [5.41, 5.74) is -1.68. The van der Waals surface area contributed by atoms with Crippen LogP contribution in [0.1, 0.15) is 64.2 Å². The monoisotopic (exact) mass is 382 g/mol. The van der Waals surface area contributed by atoms with Crippen molar-refractivity contribution < 1.29 is 19.7 Å². The summed E-state index contributed by atoms with van der Waals surface area (Å²) in [7, 11) is 0. The van der Waals surface area contributed by atoms with Gasteiger partial charge in [-0.2, -0.15) is 0 Å². The third-order valence-electron chi connectivity index (χ3n) is 5.43. The third-order valence-corrected chi connectivity index (χ3v) is 5.43. The summed E-state index contributed by atoms with van der Waals surface area (Å²) in [6.07, 6.45) is 9.49. The average Bonchev–Trinajstić information content (AvgIpc) is 2.70. The molecule has 0 heterocycles. The molecule has 0 saturated heterocycles. The Morgan fingerprint density at radius 2 is 1.14 bits per heavy atom. The van der Waals surface area contributed by atoms with E-state index in [-0.39, 0.29) is 13.2 Å². The van der Waals surface area contributed by atoms with Gasteiger partial charge in [0.15, 0.2) is 0 Å². The molecule has 0 bridgehead atoms. The van der Waals surface area contributed by atoms with E-state index in [4.69, 9.17) is 9.47 Å². The zero-order valence-electron chi connectivity index (χ0n) is 16.5. The van der Waals surface area contributed by atoms with Crippen LogP contribution in [-0.4, -0.2) is 34.6 Å². The van der Waals surface area contributed by atoms with E-state index >= 15 is 0 Å². The standard InChI is InChI=1S/C24H30O4/c25-23(12-3-1-4-13-23)16-8-18-27-21-10-7-11-22(20-21)28-19-9-17-24(26)14-5-2-6-15-24/h7,10-11,20,25-26H,1-6,12-15,18-19H2. The van der Waals surface area contributed by atoms with E-state index in [1.165, 1.54) is 12.8 Å². The van der Waals surface area contributed by atoms with Crippen molar-refractivity contribution in [3.05, 3.63) is 24.3 Å². The van der Waals surface area contributed by atoms with Gasteiger partial charge in [0, 0.05) is 6.07 Å². The lowest BCUT2D eigenvalue weighted by atomic mass is 9.85. The van der Waals surface area contributed by atoms with E-state index in [1.807, 2.05) is 18.2 Å². The second-order valence-corrected chi connectivity index (χ2v) is 7.84. The van der Waals surface area contributed by atoms with Gasteiger partial charge in [-0.15, -0.1) is 0 Å².